The lowest BCUT2D eigenvalue weighted by Crippen LogP contribution is -2.45. The molecule has 2 fully saturated rings. The summed E-state index contributed by atoms with van der Waals surface area (Å²) in [6.07, 6.45) is 0.799. The number of alkyl carbamates (subject to hydrolysis) is 2. The first-order chi connectivity index (χ1) is 34.2. The normalized spacial score (nSPS) is 17.7. The van der Waals surface area contributed by atoms with Crippen LogP contribution < -0.4 is 10.6 Å². The molecule has 72 heavy (non-hydrogen) atoms. The molecule has 2 saturated heterocycles. The Labute approximate surface area is 416 Å². The Hall–Kier alpha value is -7.47. The zero-order valence-corrected chi connectivity index (χ0v) is 41.2. The minimum atomic E-state index is -0.738. The van der Waals surface area contributed by atoms with Crippen LogP contribution in [0.3, 0.4) is 0 Å². The van der Waals surface area contributed by atoms with Crippen LogP contribution in [-0.2, 0) is 37.0 Å². The Balaban J connectivity index is 0.000000211. The molecule has 4 amide bonds. The molecule has 4 heterocycles. The second-order valence-electron chi connectivity index (χ2n) is 20.0. The predicted molar refractivity (Wildman–Crippen MR) is 265 cm³/mol. The van der Waals surface area contributed by atoms with Crippen molar-refractivity contribution in [3.8, 4) is 0 Å². The van der Waals surface area contributed by atoms with Gasteiger partial charge in [0.05, 0.1) is 25.2 Å². The summed E-state index contributed by atoms with van der Waals surface area (Å²) in [5.74, 6) is -1.76. The molecule has 18 heteroatoms. The van der Waals surface area contributed by atoms with Gasteiger partial charge in [-0.25, -0.2) is 28.0 Å². The first-order valence-corrected chi connectivity index (χ1v) is 23.8. The number of carbonyl (C=O) groups is 5. The summed E-state index contributed by atoms with van der Waals surface area (Å²) in [6, 6.07) is 26.4. The number of halogens is 2. The number of ketones is 1. The van der Waals surface area contributed by atoms with Crippen LogP contribution in [0, 0.1) is 11.6 Å². The van der Waals surface area contributed by atoms with Gasteiger partial charge in [0, 0.05) is 71.6 Å². The molecule has 4 aromatic carbocycles. The second-order valence-corrected chi connectivity index (χ2v) is 20.0. The number of hydrogen-bond acceptors (Lipinski definition) is 10. The molecule has 16 nitrogen and oxygen atoms in total. The van der Waals surface area contributed by atoms with E-state index in [0.717, 1.165) is 33.0 Å². The molecule has 0 saturated carbocycles. The van der Waals surface area contributed by atoms with E-state index < -0.39 is 65.6 Å². The minimum absolute atomic E-state index is 0.0779. The molecular weight excluding hydrogens is 931 g/mol. The van der Waals surface area contributed by atoms with Crippen molar-refractivity contribution >= 4 is 52.0 Å². The van der Waals surface area contributed by atoms with Gasteiger partial charge in [-0.1, -0.05) is 60.7 Å². The van der Waals surface area contributed by atoms with Gasteiger partial charge in [0.2, 0.25) is 0 Å². The van der Waals surface area contributed by atoms with Crippen molar-refractivity contribution in [2.24, 2.45) is 0 Å². The van der Waals surface area contributed by atoms with Crippen LogP contribution in [0.5, 0.6) is 0 Å². The summed E-state index contributed by atoms with van der Waals surface area (Å²) in [7, 11) is 0. The summed E-state index contributed by atoms with van der Waals surface area (Å²) in [6.45, 7) is 11.1. The number of aromatic amines is 2. The van der Waals surface area contributed by atoms with Crippen LogP contribution in [0.1, 0.15) is 88.5 Å². The summed E-state index contributed by atoms with van der Waals surface area (Å²) in [5.41, 5.74) is 2.99. The van der Waals surface area contributed by atoms with Crippen molar-refractivity contribution < 1.29 is 56.8 Å². The summed E-state index contributed by atoms with van der Waals surface area (Å²) >= 11 is 0. The average molecular weight is 993 g/mol. The third-order valence-electron chi connectivity index (χ3n) is 12.2. The number of likely N-dealkylation sites (tertiary alicyclic amines) is 2. The summed E-state index contributed by atoms with van der Waals surface area (Å²) in [5, 5.41) is 17.6. The molecule has 0 unspecified atom stereocenters. The van der Waals surface area contributed by atoms with Crippen LogP contribution in [0.4, 0.5) is 28.0 Å². The van der Waals surface area contributed by atoms with Crippen molar-refractivity contribution in [2.45, 2.75) is 109 Å². The number of β-amino-alcohol motifs (C(OH)–C–C–N with tert-alkyl or cyclic N) is 1. The molecule has 2 aliphatic heterocycles. The molecule has 5 N–H and O–H groups in total. The van der Waals surface area contributed by atoms with Crippen molar-refractivity contribution in [2.75, 3.05) is 26.2 Å². The lowest BCUT2D eigenvalue weighted by atomic mass is 9.89. The number of ether oxygens (including phenoxy) is 4. The van der Waals surface area contributed by atoms with E-state index in [-0.39, 0.29) is 63.2 Å². The number of nitrogens with one attached hydrogen (secondary N) is 4. The molecular formula is C54H62F2N6O10. The van der Waals surface area contributed by atoms with E-state index in [0.29, 0.717) is 17.5 Å². The van der Waals surface area contributed by atoms with Crippen molar-refractivity contribution in [3.63, 3.8) is 0 Å². The van der Waals surface area contributed by atoms with Gasteiger partial charge < -0.3 is 49.6 Å². The summed E-state index contributed by atoms with van der Waals surface area (Å²) < 4.78 is 49.4. The van der Waals surface area contributed by atoms with Gasteiger partial charge in [-0.15, -0.1) is 0 Å². The van der Waals surface area contributed by atoms with E-state index >= 15 is 0 Å². The summed E-state index contributed by atoms with van der Waals surface area (Å²) in [4.78, 5) is 72.6. The highest BCUT2D eigenvalue weighted by atomic mass is 19.1. The van der Waals surface area contributed by atoms with Crippen LogP contribution in [-0.4, -0.2) is 111 Å². The fourth-order valence-corrected chi connectivity index (χ4v) is 9.05. The standard InChI is InChI=1S/C27H32FN3O5.C27H30FN3O5/c2*1-27(2,3)36-26(34)31-15-19(32)12-24(31)22(21-13-29-23-11-18(28)9-10-20(21)23)14-30-25(33)35-16-17-7-5-4-6-8-17/h4-11,13,19,22,24,29,32H,12,14-16H2,1-3H3,(H,30,33);4-11,13,22,24,29H,12,14-16H2,1-3H3,(H,30,33)/t19-,22+,24+;22-,24-/m10/s1. The largest absolute Gasteiger partial charge is 0.445 e. The number of fused-ring (bicyclic) bond motifs is 2. The van der Waals surface area contributed by atoms with Gasteiger partial charge in [0.25, 0.3) is 0 Å². The number of rotatable bonds is 12. The van der Waals surface area contributed by atoms with Crippen LogP contribution >= 0.6 is 0 Å². The molecule has 5 atom stereocenters. The number of aromatic nitrogens is 2. The number of carbonyl (C=O) groups excluding carboxylic acids is 5. The Morgan fingerprint density at radius 1 is 0.667 bits per heavy atom. The highest BCUT2D eigenvalue weighted by Crippen LogP contribution is 2.37. The fraction of sp³-hybridized carbons (Fsp3) is 0.389. The maximum absolute atomic E-state index is 13.8. The van der Waals surface area contributed by atoms with Gasteiger partial charge in [0.15, 0.2) is 5.78 Å². The Morgan fingerprint density at radius 3 is 1.57 bits per heavy atom. The molecule has 0 bridgehead atoms. The van der Waals surface area contributed by atoms with Crippen LogP contribution in [0.25, 0.3) is 21.8 Å². The van der Waals surface area contributed by atoms with Gasteiger partial charge in [-0.3, -0.25) is 9.69 Å². The van der Waals surface area contributed by atoms with E-state index in [1.54, 1.807) is 66.1 Å². The molecule has 8 rings (SSSR count). The number of amides is 4. The van der Waals surface area contributed by atoms with Crippen molar-refractivity contribution in [1.29, 1.82) is 0 Å². The maximum Gasteiger partial charge on any atom is 0.410 e. The number of Topliss-reactive ketones (excluding diaryl/α,β-unsaturated/α-hetero) is 1. The van der Waals surface area contributed by atoms with E-state index in [9.17, 15) is 37.9 Å². The number of H-pyrrole nitrogens is 2. The smallest absolute Gasteiger partial charge is 0.410 e. The van der Waals surface area contributed by atoms with Gasteiger partial charge in [-0.2, -0.15) is 0 Å². The molecule has 0 spiro atoms. The minimum Gasteiger partial charge on any atom is -0.445 e. The Kier molecular flexibility index (Phi) is 16.5. The quantitative estimate of drug-likeness (QED) is 0.0735. The van der Waals surface area contributed by atoms with E-state index in [2.05, 4.69) is 20.6 Å². The second kappa shape index (κ2) is 22.7. The number of hydrogen-bond donors (Lipinski definition) is 5. The van der Waals surface area contributed by atoms with E-state index in [1.807, 2.05) is 60.7 Å². The van der Waals surface area contributed by atoms with E-state index in [4.69, 9.17) is 18.9 Å². The number of nitrogens with zero attached hydrogens (tertiary/aromatic N) is 2. The molecule has 2 aromatic heterocycles. The monoisotopic (exact) mass is 992 g/mol. The SMILES string of the molecule is CC(C)(C)OC(=O)N1CC(=O)C[C@H]1[C@@H](CNC(=O)OCc1ccccc1)c1c[nH]c2cc(F)ccc12.CC(C)(C)OC(=O)N1C[C@H](O)C[C@H]1[C@@H](CNC(=O)OCc1ccccc1)c1c[nH]c2cc(F)ccc12. The number of aliphatic hydroxyl groups is 1. The Morgan fingerprint density at radius 2 is 1.11 bits per heavy atom. The third-order valence-corrected chi connectivity index (χ3v) is 12.2. The lowest BCUT2D eigenvalue weighted by Gasteiger charge is -2.33. The Bertz CT molecular complexity index is 2840. The number of aliphatic hydroxyl groups excluding tert-OH is 1. The molecule has 2 aliphatic rings. The fourth-order valence-electron chi connectivity index (χ4n) is 9.05. The molecule has 382 valence electrons. The molecule has 0 radical (unpaired) electrons. The molecule has 0 aliphatic carbocycles. The zero-order valence-electron chi connectivity index (χ0n) is 41.2. The highest BCUT2D eigenvalue weighted by Gasteiger charge is 2.44. The van der Waals surface area contributed by atoms with Crippen LogP contribution in [0.2, 0.25) is 0 Å². The van der Waals surface area contributed by atoms with Crippen molar-refractivity contribution in [1.82, 2.24) is 30.4 Å². The lowest BCUT2D eigenvalue weighted by molar-refractivity contribution is -0.117. The highest BCUT2D eigenvalue weighted by molar-refractivity contribution is 5.90. The predicted octanol–water partition coefficient (Wildman–Crippen LogP) is 9.58. The number of benzene rings is 4. The van der Waals surface area contributed by atoms with Gasteiger partial charge in [0.1, 0.15) is 36.1 Å². The third kappa shape index (κ3) is 13.9. The first kappa shape index (κ1) is 52.4. The topological polar surface area (TPSA) is 205 Å². The molecule has 6 aromatic rings. The van der Waals surface area contributed by atoms with Gasteiger partial charge in [-0.05, 0) is 107 Å². The first-order valence-electron chi connectivity index (χ1n) is 23.8. The van der Waals surface area contributed by atoms with Crippen LogP contribution in [0.15, 0.2) is 109 Å². The zero-order chi connectivity index (χ0) is 51.7. The average Bonchev–Trinajstić information content (AvgIpc) is 4.13. The van der Waals surface area contributed by atoms with Crippen molar-refractivity contribution in [3.05, 3.63) is 143 Å². The van der Waals surface area contributed by atoms with E-state index in [1.165, 1.54) is 34.1 Å². The maximum atomic E-state index is 13.8. The van der Waals surface area contributed by atoms with Gasteiger partial charge >= 0.3 is 24.4 Å².